The normalized spacial score (nSPS) is 11.7. The molecule has 0 fully saturated rings. The van der Waals surface area contributed by atoms with Gasteiger partial charge in [0.05, 0.1) is 7.11 Å². The maximum atomic E-state index is 12.1. The van der Waals surface area contributed by atoms with E-state index in [0.717, 1.165) is 11.1 Å². The summed E-state index contributed by atoms with van der Waals surface area (Å²) in [7, 11) is 1.23. The lowest BCUT2D eigenvalue weighted by molar-refractivity contribution is -0.142. The smallest absolute Gasteiger partial charge is 0.328 e. The van der Waals surface area contributed by atoms with Crippen LogP contribution in [0.2, 0.25) is 5.02 Å². The van der Waals surface area contributed by atoms with Crippen molar-refractivity contribution < 1.29 is 19.4 Å². The van der Waals surface area contributed by atoms with Gasteiger partial charge >= 0.3 is 5.97 Å². The van der Waals surface area contributed by atoms with Crippen LogP contribution in [0.1, 0.15) is 23.0 Å². The van der Waals surface area contributed by atoms with Gasteiger partial charge in [0.15, 0.2) is 5.69 Å². The molecule has 6 nitrogen and oxygen atoms in total. The molecule has 0 aliphatic rings. The lowest BCUT2D eigenvalue weighted by Crippen LogP contribution is -2.39. The predicted octanol–water partition coefficient (Wildman–Crippen LogP) is 2.71. The molecule has 1 aromatic heterocycles. The summed E-state index contributed by atoms with van der Waals surface area (Å²) in [6.07, 6.45) is 1.47. The first kappa shape index (κ1) is 17.7. The first-order valence-electron chi connectivity index (χ1n) is 7.17. The monoisotopic (exact) mass is 348 g/mol. The fraction of sp³-hybridized carbons (Fsp3) is 0.235. The fourth-order valence-electron chi connectivity index (χ4n) is 2.18. The third-order valence-corrected chi connectivity index (χ3v) is 3.73. The van der Waals surface area contributed by atoms with Gasteiger partial charge in [-0.2, -0.15) is 0 Å². The zero-order chi connectivity index (χ0) is 17.9. The van der Waals surface area contributed by atoms with Crippen molar-refractivity contribution in [1.82, 2.24) is 10.3 Å². The number of pyridine rings is 1. The number of aromatic nitrogens is 1. The van der Waals surface area contributed by atoms with E-state index in [2.05, 4.69) is 15.0 Å². The summed E-state index contributed by atoms with van der Waals surface area (Å²) < 4.78 is 4.53. The second-order valence-electron chi connectivity index (χ2n) is 5.27. The number of aryl methyl sites for hydroxylation is 1. The van der Waals surface area contributed by atoms with Gasteiger partial charge in [0.1, 0.15) is 11.8 Å². The van der Waals surface area contributed by atoms with Crippen LogP contribution in [0.15, 0.2) is 30.5 Å². The number of halogens is 1. The molecule has 2 aromatic rings. The number of rotatable bonds is 4. The van der Waals surface area contributed by atoms with E-state index in [-0.39, 0.29) is 11.4 Å². The minimum absolute atomic E-state index is 0.172. The van der Waals surface area contributed by atoms with Crippen LogP contribution in [0.3, 0.4) is 0 Å². The maximum absolute atomic E-state index is 12.1. The number of aromatic hydroxyl groups is 1. The molecule has 2 rings (SSSR count). The summed E-state index contributed by atoms with van der Waals surface area (Å²) in [6, 6.07) is 5.96. The third-order valence-electron chi connectivity index (χ3n) is 3.50. The molecule has 1 heterocycles. The summed E-state index contributed by atoms with van der Waals surface area (Å²) >= 11 is 6.00. The molecule has 2 N–H and O–H groups in total. The highest BCUT2D eigenvalue weighted by atomic mass is 35.5. The van der Waals surface area contributed by atoms with Crippen LogP contribution in [0.4, 0.5) is 0 Å². The van der Waals surface area contributed by atoms with E-state index in [1.54, 1.807) is 12.1 Å². The number of benzene rings is 1. The van der Waals surface area contributed by atoms with Gasteiger partial charge in [-0.15, -0.1) is 0 Å². The number of nitrogens with one attached hydrogen (secondary N) is 1. The summed E-state index contributed by atoms with van der Waals surface area (Å²) in [4.78, 5) is 27.4. The van der Waals surface area contributed by atoms with Crippen molar-refractivity contribution in [2.45, 2.75) is 19.9 Å². The Bertz CT molecular complexity index is 792. The molecule has 0 bridgehead atoms. The minimum atomic E-state index is -0.849. The topological polar surface area (TPSA) is 88.5 Å². The first-order chi connectivity index (χ1) is 11.3. The van der Waals surface area contributed by atoms with Crippen LogP contribution >= 0.6 is 11.6 Å². The summed E-state index contributed by atoms with van der Waals surface area (Å²) in [5.74, 6) is -1.55. The van der Waals surface area contributed by atoms with Gasteiger partial charge in [-0.25, -0.2) is 9.78 Å². The number of hydrogen-bond donors (Lipinski definition) is 2. The summed E-state index contributed by atoms with van der Waals surface area (Å²) in [5, 5.41) is 13.1. The largest absolute Gasteiger partial charge is 0.505 e. The number of amides is 1. The molecule has 1 unspecified atom stereocenters. The van der Waals surface area contributed by atoms with Crippen molar-refractivity contribution in [3.8, 4) is 16.9 Å². The van der Waals surface area contributed by atoms with Crippen LogP contribution in [-0.2, 0) is 9.53 Å². The molecule has 0 aliphatic heterocycles. The highest BCUT2D eigenvalue weighted by molar-refractivity contribution is 6.30. The second-order valence-corrected chi connectivity index (χ2v) is 5.71. The van der Waals surface area contributed by atoms with Crippen molar-refractivity contribution >= 4 is 23.5 Å². The molecule has 0 aliphatic carbocycles. The van der Waals surface area contributed by atoms with Gasteiger partial charge in [0, 0.05) is 16.8 Å². The molecule has 1 atom stereocenters. The predicted molar refractivity (Wildman–Crippen MR) is 90.0 cm³/mol. The van der Waals surface area contributed by atoms with Crippen molar-refractivity contribution in [1.29, 1.82) is 0 Å². The van der Waals surface area contributed by atoms with Crippen molar-refractivity contribution in [2.24, 2.45) is 0 Å². The molecule has 7 heteroatoms. The maximum Gasteiger partial charge on any atom is 0.328 e. The van der Waals surface area contributed by atoms with Crippen LogP contribution in [0.25, 0.3) is 11.1 Å². The number of ether oxygens (including phenoxy) is 1. The second kappa shape index (κ2) is 7.31. The molecule has 1 amide bonds. The number of carbonyl (C=O) groups excluding carboxylic acids is 2. The fourth-order valence-corrected chi connectivity index (χ4v) is 2.35. The van der Waals surface area contributed by atoms with E-state index in [1.165, 1.54) is 26.3 Å². The average molecular weight is 349 g/mol. The van der Waals surface area contributed by atoms with Crippen molar-refractivity contribution in [3.05, 3.63) is 46.7 Å². The first-order valence-corrected chi connectivity index (χ1v) is 7.55. The lowest BCUT2D eigenvalue weighted by atomic mass is 10.0. The number of hydrogen-bond acceptors (Lipinski definition) is 5. The summed E-state index contributed by atoms with van der Waals surface area (Å²) in [5.41, 5.74) is 2.22. The summed E-state index contributed by atoms with van der Waals surface area (Å²) in [6.45, 7) is 3.38. The highest BCUT2D eigenvalue weighted by Gasteiger charge is 2.20. The van der Waals surface area contributed by atoms with Gasteiger partial charge in [-0.05, 0) is 43.2 Å². The average Bonchev–Trinajstić information content (AvgIpc) is 2.55. The number of nitrogens with zero attached hydrogens (tertiary/aromatic N) is 1. The standard InChI is InChI=1S/C17H17ClN2O4/c1-9-4-5-12(18)7-13(9)11-6-14(21)15(19-8-11)16(22)20-10(2)17(23)24-3/h4-8,10,21H,1-3H3,(H,20,22). The molecule has 126 valence electrons. The molecule has 1 aromatic carbocycles. The van der Waals surface area contributed by atoms with Crippen LogP contribution in [0.5, 0.6) is 5.75 Å². The van der Waals surface area contributed by atoms with Gasteiger partial charge in [-0.1, -0.05) is 17.7 Å². The van der Waals surface area contributed by atoms with E-state index < -0.39 is 17.9 Å². The molecule has 0 saturated carbocycles. The minimum Gasteiger partial charge on any atom is -0.505 e. The SMILES string of the molecule is COC(=O)C(C)NC(=O)c1ncc(-c2cc(Cl)ccc2C)cc1O. The van der Waals surface area contributed by atoms with E-state index in [4.69, 9.17) is 11.6 Å². The van der Waals surface area contributed by atoms with Gasteiger partial charge in [0.2, 0.25) is 0 Å². The Kier molecular flexibility index (Phi) is 5.41. The van der Waals surface area contributed by atoms with Crippen LogP contribution in [-0.4, -0.2) is 35.1 Å². The third kappa shape index (κ3) is 3.83. The number of methoxy groups -OCH3 is 1. The Morgan fingerprint density at radius 2 is 2.04 bits per heavy atom. The molecule has 0 spiro atoms. The Balaban J connectivity index is 2.28. The Morgan fingerprint density at radius 1 is 1.33 bits per heavy atom. The zero-order valence-corrected chi connectivity index (χ0v) is 14.2. The Labute approximate surface area is 144 Å². The van der Waals surface area contributed by atoms with E-state index in [0.29, 0.717) is 10.6 Å². The van der Waals surface area contributed by atoms with Crippen LogP contribution < -0.4 is 5.32 Å². The highest BCUT2D eigenvalue weighted by Crippen LogP contribution is 2.29. The number of carbonyl (C=O) groups is 2. The van der Waals surface area contributed by atoms with Gasteiger partial charge in [0.25, 0.3) is 5.91 Å². The lowest BCUT2D eigenvalue weighted by Gasteiger charge is -2.12. The molecule has 0 saturated heterocycles. The molecular weight excluding hydrogens is 332 g/mol. The zero-order valence-electron chi connectivity index (χ0n) is 13.5. The van der Waals surface area contributed by atoms with Crippen molar-refractivity contribution in [3.63, 3.8) is 0 Å². The Morgan fingerprint density at radius 3 is 2.67 bits per heavy atom. The molecular formula is C17H17ClN2O4. The van der Waals surface area contributed by atoms with E-state index in [9.17, 15) is 14.7 Å². The molecule has 24 heavy (non-hydrogen) atoms. The van der Waals surface area contributed by atoms with Crippen molar-refractivity contribution in [2.75, 3.05) is 7.11 Å². The van der Waals surface area contributed by atoms with E-state index >= 15 is 0 Å². The number of esters is 1. The Hall–Kier alpha value is -2.60. The van der Waals surface area contributed by atoms with E-state index in [1.807, 2.05) is 13.0 Å². The van der Waals surface area contributed by atoms with Crippen LogP contribution in [0, 0.1) is 6.92 Å². The van der Waals surface area contributed by atoms with Gasteiger partial charge in [-0.3, -0.25) is 4.79 Å². The van der Waals surface area contributed by atoms with Gasteiger partial charge < -0.3 is 15.2 Å². The molecule has 0 radical (unpaired) electrons. The quantitative estimate of drug-likeness (QED) is 0.829.